The van der Waals surface area contributed by atoms with E-state index in [0.717, 1.165) is 6.17 Å². The van der Waals surface area contributed by atoms with Crippen LogP contribution in [0.3, 0.4) is 0 Å². The Balaban J connectivity index is 3.46. The lowest BCUT2D eigenvalue weighted by Crippen LogP contribution is -1.98. The molecular formula is C8HF5. The van der Waals surface area contributed by atoms with E-state index in [1.165, 1.54) is 5.92 Å². The molecule has 0 radical (unpaired) electrons. The Bertz CT molecular complexity index is 399. The molecule has 0 spiro atoms. The molecule has 0 aliphatic carbocycles. The minimum Gasteiger partial charge on any atom is -0.204 e. The highest BCUT2D eigenvalue weighted by Gasteiger charge is 2.17. The van der Waals surface area contributed by atoms with Gasteiger partial charge in [0.2, 0.25) is 0 Å². The normalized spacial score (nSPS) is 9.31. The van der Waals surface area contributed by atoms with Crippen LogP contribution in [0.15, 0.2) is 6.07 Å². The average Bonchev–Trinajstić information content (AvgIpc) is 2.11. The lowest BCUT2D eigenvalue weighted by atomic mass is 10.2. The molecule has 0 saturated carbocycles. The van der Waals surface area contributed by atoms with Crippen LogP contribution in [0.5, 0.6) is 0 Å². The minimum atomic E-state index is -2.00. The van der Waals surface area contributed by atoms with Crippen molar-refractivity contribution in [1.82, 2.24) is 0 Å². The number of hydrogen-bond acceptors (Lipinski definition) is 0. The van der Waals surface area contributed by atoms with Crippen LogP contribution in [-0.2, 0) is 0 Å². The summed E-state index contributed by atoms with van der Waals surface area (Å²) in [5.74, 6) is -5.82. The smallest absolute Gasteiger partial charge is 0.198 e. The summed E-state index contributed by atoms with van der Waals surface area (Å²) in [7, 11) is 0. The van der Waals surface area contributed by atoms with E-state index in [2.05, 4.69) is 0 Å². The fourth-order valence-electron chi connectivity index (χ4n) is 0.715. The zero-order chi connectivity index (χ0) is 10.0. The maximum absolute atomic E-state index is 12.6. The van der Waals surface area contributed by atoms with Crippen LogP contribution >= 0.6 is 0 Å². The largest absolute Gasteiger partial charge is 0.204 e. The predicted molar refractivity (Wildman–Crippen MR) is 34.3 cm³/mol. The molecule has 0 aliphatic rings. The van der Waals surface area contributed by atoms with E-state index in [4.69, 9.17) is 0 Å². The summed E-state index contributed by atoms with van der Waals surface area (Å²) >= 11 is 0. The third kappa shape index (κ3) is 1.61. The molecule has 0 amide bonds. The van der Waals surface area contributed by atoms with Crippen LogP contribution in [0.25, 0.3) is 0 Å². The third-order valence-corrected chi connectivity index (χ3v) is 1.28. The highest BCUT2D eigenvalue weighted by Crippen LogP contribution is 2.17. The topological polar surface area (TPSA) is 0 Å². The van der Waals surface area contributed by atoms with Crippen LogP contribution in [0.1, 0.15) is 5.56 Å². The lowest BCUT2D eigenvalue weighted by molar-refractivity contribution is 0.408. The number of benzene rings is 1. The molecular weight excluding hydrogens is 191 g/mol. The van der Waals surface area contributed by atoms with E-state index in [9.17, 15) is 22.0 Å². The first-order chi connectivity index (χ1) is 6.07. The van der Waals surface area contributed by atoms with E-state index in [1.54, 1.807) is 0 Å². The summed E-state index contributed by atoms with van der Waals surface area (Å²) in [6, 6.07) is 0.278. The molecule has 1 aromatic carbocycles. The summed E-state index contributed by atoms with van der Waals surface area (Å²) in [6.45, 7) is 0. The first kappa shape index (κ1) is 9.52. The number of hydrogen-bond donors (Lipinski definition) is 0. The van der Waals surface area contributed by atoms with E-state index in [0.29, 0.717) is 0 Å². The Morgan fingerprint density at radius 1 is 0.923 bits per heavy atom. The molecule has 0 aromatic heterocycles. The van der Waals surface area contributed by atoms with E-state index < -0.39 is 28.8 Å². The standard InChI is InChI=1S/C8HF5/c9-2-1-4-3-5(10)7(12)8(13)6(4)11/h3H. The molecule has 0 saturated heterocycles. The minimum absolute atomic E-state index is 0.278. The van der Waals surface area contributed by atoms with Gasteiger partial charge in [-0.1, -0.05) is 0 Å². The quantitative estimate of drug-likeness (QED) is 0.256. The lowest BCUT2D eigenvalue weighted by Gasteiger charge is -1.98. The Kier molecular flexibility index (Phi) is 2.52. The molecule has 0 heterocycles. The highest BCUT2D eigenvalue weighted by molar-refractivity contribution is 5.35. The Morgan fingerprint density at radius 3 is 2.08 bits per heavy atom. The van der Waals surface area contributed by atoms with E-state index in [-0.39, 0.29) is 6.07 Å². The molecule has 13 heavy (non-hydrogen) atoms. The molecule has 5 heteroatoms. The zero-order valence-corrected chi connectivity index (χ0v) is 5.97. The van der Waals surface area contributed by atoms with Crippen molar-refractivity contribution in [2.24, 2.45) is 0 Å². The second-order valence-corrected chi connectivity index (χ2v) is 2.07. The number of rotatable bonds is 0. The van der Waals surface area contributed by atoms with Gasteiger partial charge in [-0.05, 0) is 12.0 Å². The fraction of sp³-hybridized carbons (Fsp3) is 0. The highest BCUT2D eigenvalue weighted by atomic mass is 19.2. The van der Waals surface area contributed by atoms with Gasteiger partial charge in [-0.2, -0.15) is 0 Å². The van der Waals surface area contributed by atoms with Gasteiger partial charge in [0.15, 0.2) is 23.3 Å². The average molecular weight is 192 g/mol. The van der Waals surface area contributed by atoms with Gasteiger partial charge in [0.1, 0.15) is 6.17 Å². The fourth-order valence-corrected chi connectivity index (χ4v) is 0.715. The predicted octanol–water partition coefficient (Wildman–Crippen LogP) is 2.52. The third-order valence-electron chi connectivity index (χ3n) is 1.28. The van der Waals surface area contributed by atoms with Crippen molar-refractivity contribution in [3.63, 3.8) is 0 Å². The number of halogens is 5. The van der Waals surface area contributed by atoms with Crippen molar-refractivity contribution in [2.75, 3.05) is 0 Å². The van der Waals surface area contributed by atoms with Gasteiger partial charge >= 0.3 is 0 Å². The molecule has 0 fully saturated rings. The molecule has 0 N–H and O–H groups in total. The molecule has 1 rings (SSSR count). The van der Waals surface area contributed by atoms with Gasteiger partial charge in [0, 0.05) is 0 Å². The molecule has 1 aromatic rings. The summed E-state index contributed by atoms with van der Waals surface area (Å²) in [6.07, 6.45) is 0.753. The van der Waals surface area contributed by atoms with Gasteiger partial charge in [-0.3, -0.25) is 0 Å². The first-order valence-electron chi connectivity index (χ1n) is 3.02. The summed E-state index contributed by atoms with van der Waals surface area (Å²) in [5, 5.41) is 0. The van der Waals surface area contributed by atoms with Gasteiger partial charge < -0.3 is 0 Å². The molecule has 0 unspecified atom stereocenters. The van der Waals surface area contributed by atoms with Crippen LogP contribution in [0.4, 0.5) is 22.0 Å². The van der Waals surface area contributed by atoms with Crippen molar-refractivity contribution in [3.8, 4) is 12.1 Å². The summed E-state index contributed by atoms with van der Waals surface area (Å²) < 4.78 is 61.0. The maximum Gasteiger partial charge on any atom is 0.198 e. The van der Waals surface area contributed by atoms with Crippen LogP contribution in [0.2, 0.25) is 0 Å². The summed E-state index contributed by atoms with van der Waals surface area (Å²) in [5.41, 5.74) is -0.862. The van der Waals surface area contributed by atoms with Crippen molar-refractivity contribution in [3.05, 3.63) is 34.9 Å². The van der Waals surface area contributed by atoms with Crippen molar-refractivity contribution < 1.29 is 22.0 Å². The molecule has 0 aliphatic heterocycles. The van der Waals surface area contributed by atoms with Gasteiger partial charge in [-0.25, -0.2) is 17.6 Å². The van der Waals surface area contributed by atoms with E-state index >= 15 is 0 Å². The van der Waals surface area contributed by atoms with Gasteiger partial charge in [0.25, 0.3) is 0 Å². The van der Waals surface area contributed by atoms with Crippen molar-refractivity contribution in [1.29, 1.82) is 0 Å². The Hall–Kier alpha value is -1.57. The molecule has 68 valence electrons. The van der Waals surface area contributed by atoms with Gasteiger partial charge in [0.05, 0.1) is 5.56 Å². The van der Waals surface area contributed by atoms with Crippen LogP contribution in [0, 0.1) is 35.4 Å². The monoisotopic (exact) mass is 192 g/mol. The summed E-state index contributed by atoms with van der Waals surface area (Å²) in [4.78, 5) is 0. The SMILES string of the molecule is FC#Cc1cc(F)c(F)c(F)c1F. The van der Waals surface area contributed by atoms with Gasteiger partial charge in [-0.15, -0.1) is 4.39 Å². The zero-order valence-electron chi connectivity index (χ0n) is 5.97. The second kappa shape index (κ2) is 3.44. The molecule has 0 atom stereocenters. The van der Waals surface area contributed by atoms with Crippen molar-refractivity contribution in [2.45, 2.75) is 0 Å². The maximum atomic E-state index is 12.6. The Labute approximate surface area is 70.0 Å². The first-order valence-corrected chi connectivity index (χ1v) is 3.02. The Morgan fingerprint density at radius 2 is 1.54 bits per heavy atom. The van der Waals surface area contributed by atoms with Crippen molar-refractivity contribution >= 4 is 0 Å². The van der Waals surface area contributed by atoms with Crippen LogP contribution in [-0.4, -0.2) is 0 Å². The second-order valence-electron chi connectivity index (χ2n) is 2.07. The van der Waals surface area contributed by atoms with Crippen LogP contribution < -0.4 is 0 Å². The molecule has 0 bridgehead atoms. The van der Waals surface area contributed by atoms with E-state index in [1.807, 2.05) is 0 Å². The molecule has 0 nitrogen and oxygen atoms in total.